The molecule has 1 aliphatic heterocycles. The summed E-state index contributed by atoms with van der Waals surface area (Å²) < 4.78 is 0. The predicted octanol–water partition coefficient (Wildman–Crippen LogP) is 3.61. The van der Waals surface area contributed by atoms with E-state index in [2.05, 4.69) is 36.1 Å². The van der Waals surface area contributed by atoms with Crippen molar-refractivity contribution in [2.45, 2.75) is 20.3 Å². The fraction of sp³-hybridized carbons (Fsp3) is 0.368. The highest BCUT2D eigenvalue weighted by Crippen LogP contribution is 2.23. The van der Waals surface area contributed by atoms with E-state index in [4.69, 9.17) is 0 Å². The largest absolute Gasteiger partial charge is 0.369 e. The van der Waals surface area contributed by atoms with Gasteiger partial charge in [-0.1, -0.05) is 18.2 Å². The Hall–Kier alpha value is -2.14. The van der Waals surface area contributed by atoms with Crippen molar-refractivity contribution in [1.82, 2.24) is 4.90 Å². The van der Waals surface area contributed by atoms with Gasteiger partial charge in [-0.3, -0.25) is 9.59 Å². The molecule has 1 aliphatic rings. The summed E-state index contributed by atoms with van der Waals surface area (Å²) in [5.41, 5.74) is 2.52. The number of amides is 1. The zero-order valence-electron chi connectivity index (χ0n) is 14.1. The third-order valence-electron chi connectivity index (χ3n) is 4.40. The molecule has 2 aromatic rings. The molecule has 0 radical (unpaired) electrons. The molecule has 0 saturated carbocycles. The van der Waals surface area contributed by atoms with Crippen LogP contribution in [0.5, 0.6) is 0 Å². The summed E-state index contributed by atoms with van der Waals surface area (Å²) in [5.74, 6) is 0.0553. The second-order valence-corrected chi connectivity index (χ2v) is 7.22. The SMILES string of the molecule is CC(=O)c1ccc(C(=O)N2CCCN(c3ccccc3C)CC2)s1. The minimum atomic E-state index is 0.0145. The van der Waals surface area contributed by atoms with E-state index in [0.717, 1.165) is 26.1 Å². The lowest BCUT2D eigenvalue weighted by Gasteiger charge is -2.25. The number of hydrogen-bond donors (Lipinski definition) is 0. The molecule has 1 aromatic carbocycles. The van der Waals surface area contributed by atoms with Crippen molar-refractivity contribution < 1.29 is 9.59 Å². The Labute approximate surface area is 146 Å². The van der Waals surface area contributed by atoms with Crippen LogP contribution in [0.15, 0.2) is 36.4 Å². The van der Waals surface area contributed by atoms with Gasteiger partial charge in [0.05, 0.1) is 9.75 Å². The van der Waals surface area contributed by atoms with Crippen molar-refractivity contribution in [2.24, 2.45) is 0 Å². The molecule has 5 heteroatoms. The van der Waals surface area contributed by atoms with Gasteiger partial charge in [-0.2, -0.15) is 0 Å². The Bertz CT molecular complexity index is 753. The summed E-state index contributed by atoms with van der Waals surface area (Å²) in [7, 11) is 0. The Kier molecular flexibility index (Phi) is 5.00. The smallest absolute Gasteiger partial charge is 0.264 e. The standard InChI is InChI=1S/C19H22N2O2S/c1-14-6-3-4-7-16(14)20-10-5-11-21(13-12-20)19(23)18-9-8-17(24-18)15(2)22/h3-4,6-9H,5,10-13H2,1-2H3. The van der Waals surface area contributed by atoms with E-state index in [-0.39, 0.29) is 11.7 Å². The van der Waals surface area contributed by atoms with Crippen LogP contribution >= 0.6 is 11.3 Å². The van der Waals surface area contributed by atoms with Crippen molar-refractivity contribution in [2.75, 3.05) is 31.1 Å². The van der Waals surface area contributed by atoms with Crippen LogP contribution in [0.3, 0.4) is 0 Å². The minimum absolute atomic E-state index is 0.0145. The Morgan fingerprint density at radius 3 is 2.42 bits per heavy atom. The molecule has 3 rings (SSSR count). The Morgan fingerprint density at radius 2 is 1.71 bits per heavy atom. The van der Waals surface area contributed by atoms with Gasteiger partial charge in [0.1, 0.15) is 0 Å². The number of carbonyl (C=O) groups is 2. The van der Waals surface area contributed by atoms with Crippen LogP contribution in [0.25, 0.3) is 0 Å². The second-order valence-electron chi connectivity index (χ2n) is 6.14. The molecular formula is C19H22N2O2S. The van der Waals surface area contributed by atoms with Crippen molar-refractivity contribution in [3.8, 4) is 0 Å². The lowest BCUT2D eigenvalue weighted by atomic mass is 10.2. The van der Waals surface area contributed by atoms with Crippen LogP contribution in [0.1, 0.15) is 38.3 Å². The number of para-hydroxylation sites is 1. The molecule has 24 heavy (non-hydrogen) atoms. The number of nitrogens with zero attached hydrogens (tertiary/aromatic N) is 2. The maximum atomic E-state index is 12.7. The molecule has 0 atom stereocenters. The van der Waals surface area contributed by atoms with Gasteiger partial charge in [-0.15, -0.1) is 11.3 Å². The van der Waals surface area contributed by atoms with Crippen molar-refractivity contribution in [3.63, 3.8) is 0 Å². The molecule has 1 amide bonds. The van der Waals surface area contributed by atoms with E-state index in [9.17, 15) is 9.59 Å². The number of aryl methyl sites for hydroxylation is 1. The maximum Gasteiger partial charge on any atom is 0.264 e. The van der Waals surface area contributed by atoms with E-state index in [1.807, 2.05) is 4.90 Å². The maximum absolute atomic E-state index is 12.7. The van der Waals surface area contributed by atoms with E-state index in [0.29, 0.717) is 16.3 Å². The highest BCUT2D eigenvalue weighted by molar-refractivity contribution is 7.15. The molecule has 126 valence electrons. The zero-order valence-corrected chi connectivity index (χ0v) is 14.9. The van der Waals surface area contributed by atoms with E-state index >= 15 is 0 Å². The van der Waals surface area contributed by atoms with Crippen LogP contribution in [0, 0.1) is 6.92 Å². The average Bonchev–Trinajstić information content (AvgIpc) is 2.94. The summed E-state index contributed by atoms with van der Waals surface area (Å²) in [4.78, 5) is 29.7. The van der Waals surface area contributed by atoms with Crippen LogP contribution in [0.2, 0.25) is 0 Å². The summed E-state index contributed by atoms with van der Waals surface area (Å²) in [6.07, 6.45) is 0.949. The zero-order chi connectivity index (χ0) is 17.1. The number of ketones is 1. The Morgan fingerprint density at radius 1 is 0.958 bits per heavy atom. The van der Waals surface area contributed by atoms with E-state index < -0.39 is 0 Å². The van der Waals surface area contributed by atoms with Gasteiger partial charge in [0.2, 0.25) is 0 Å². The fourth-order valence-corrected chi connectivity index (χ4v) is 3.95. The summed E-state index contributed by atoms with van der Waals surface area (Å²) >= 11 is 1.29. The molecule has 0 spiro atoms. The first-order valence-corrected chi connectivity index (χ1v) is 9.08. The number of hydrogen-bond acceptors (Lipinski definition) is 4. The number of Topliss-reactive ketones (excluding diaryl/α,β-unsaturated/α-hetero) is 1. The summed E-state index contributed by atoms with van der Waals surface area (Å²) in [5, 5.41) is 0. The first-order valence-electron chi connectivity index (χ1n) is 8.27. The Balaban J connectivity index is 1.70. The van der Waals surface area contributed by atoms with E-state index in [1.54, 1.807) is 12.1 Å². The average molecular weight is 342 g/mol. The van der Waals surface area contributed by atoms with Crippen molar-refractivity contribution >= 4 is 28.7 Å². The molecule has 0 N–H and O–H groups in total. The molecular weight excluding hydrogens is 320 g/mol. The van der Waals surface area contributed by atoms with Crippen LogP contribution in [-0.2, 0) is 0 Å². The molecule has 0 bridgehead atoms. The van der Waals surface area contributed by atoms with Crippen LogP contribution in [-0.4, -0.2) is 42.8 Å². The lowest BCUT2D eigenvalue weighted by molar-refractivity contribution is 0.0771. The number of thiophene rings is 1. The lowest BCUT2D eigenvalue weighted by Crippen LogP contribution is -2.35. The van der Waals surface area contributed by atoms with Gasteiger partial charge in [-0.05, 0) is 44.0 Å². The molecule has 1 fully saturated rings. The van der Waals surface area contributed by atoms with Crippen molar-refractivity contribution in [1.29, 1.82) is 0 Å². The quantitative estimate of drug-likeness (QED) is 0.800. The van der Waals surface area contributed by atoms with Gasteiger partial charge in [0.15, 0.2) is 5.78 Å². The first kappa shape index (κ1) is 16.7. The van der Waals surface area contributed by atoms with E-state index in [1.165, 1.54) is 29.5 Å². The molecule has 2 heterocycles. The van der Waals surface area contributed by atoms with Gasteiger partial charge in [0.25, 0.3) is 5.91 Å². The highest BCUT2D eigenvalue weighted by atomic mass is 32.1. The molecule has 1 aromatic heterocycles. The second kappa shape index (κ2) is 7.18. The van der Waals surface area contributed by atoms with Crippen LogP contribution in [0.4, 0.5) is 5.69 Å². The van der Waals surface area contributed by atoms with Crippen LogP contribution < -0.4 is 4.90 Å². The summed E-state index contributed by atoms with van der Waals surface area (Å²) in [6, 6.07) is 11.9. The van der Waals surface area contributed by atoms with Gasteiger partial charge >= 0.3 is 0 Å². The minimum Gasteiger partial charge on any atom is -0.369 e. The molecule has 0 unspecified atom stereocenters. The third kappa shape index (κ3) is 3.51. The highest BCUT2D eigenvalue weighted by Gasteiger charge is 2.22. The van der Waals surface area contributed by atoms with Gasteiger partial charge < -0.3 is 9.80 Å². The molecule has 4 nitrogen and oxygen atoms in total. The summed E-state index contributed by atoms with van der Waals surface area (Å²) in [6.45, 7) is 6.92. The topological polar surface area (TPSA) is 40.6 Å². The number of anilines is 1. The third-order valence-corrected chi connectivity index (χ3v) is 5.58. The molecule has 1 saturated heterocycles. The number of rotatable bonds is 3. The molecule has 0 aliphatic carbocycles. The number of carbonyl (C=O) groups excluding carboxylic acids is 2. The van der Waals surface area contributed by atoms with Gasteiger partial charge in [0, 0.05) is 31.9 Å². The first-order chi connectivity index (χ1) is 11.6. The predicted molar refractivity (Wildman–Crippen MR) is 98.2 cm³/mol. The fourth-order valence-electron chi connectivity index (χ4n) is 3.08. The number of benzene rings is 1. The van der Waals surface area contributed by atoms with Crippen molar-refractivity contribution in [3.05, 3.63) is 51.7 Å². The monoisotopic (exact) mass is 342 g/mol. The normalized spacial score (nSPS) is 15.2. The van der Waals surface area contributed by atoms with Gasteiger partial charge in [-0.25, -0.2) is 0 Å².